The Hall–Kier alpha value is -1.10. The number of methoxy groups -OCH3 is 1. The third kappa shape index (κ3) is 5.95. The van der Waals surface area contributed by atoms with Crippen LogP contribution in [-0.2, 0) is 11.3 Å². The monoisotopic (exact) mass is 307 g/mol. The van der Waals surface area contributed by atoms with Crippen molar-refractivity contribution in [3.8, 4) is 5.75 Å². The van der Waals surface area contributed by atoms with Crippen molar-refractivity contribution >= 4 is 0 Å². The standard InChI is InChI=1S/C18H29NO3/c1-14(2)12-22-13-17(20)11-19(16-6-7-16)10-15-4-8-18(21-3)9-5-15/h4-5,8-9,14,16-17,20H,6-7,10-13H2,1-3H3. The Kier molecular flexibility index (Phi) is 6.68. The lowest BCUT2D eigenvalue weighted by Crippen LogP contribution is -2.36. The van der Waals surface area contributed by atoms with E-state index in [1.165, 1.54) is 18.4 Å². The zero-order valence-corrected chi connectivity index (χ0v) is 14.0. The molecule has 22 heavy (non-hydrogen) atoms. The lowest BCUT2D eigenvalue weighted by Gasteiger charge is -2.25. The third-order valence-corrected chi connectivity index (χ3v) is 3.81. The molecule has 1 N–H and O–H groups in total. The molecule has 0 radical (unpaired) electrons. The van der Waals surface area contributed by atoms with E-state index in [1.54, 1.807) is 7.11 Å². The lowest BCUT2D eigenvalue weighted by molar-refractivity contribution is 0.00547. The van der Waals surface area contributed by atoms with Crippen LogP contribution in [0.3, 0.4) is 0 Å². The van der Waals surface area contributed by atoms with Gasteiger partial charge < -0.3 is 14.6 Å². The maximum absolute atomic E-state index is 10.2. The Balaban J connectivity index is 1.81. The van der Waals surface area contributed by atoms with E-state index < -0.39 is 6.10 Å². The maximum Gasteiger partial charge on any atom is 0.118 e. The molecule has 1 aromatic carbocycles. The number of benzene rings is 1. The summed E-state index contributed by atoms with van der Waals surface area (Å²) in [5.74, 6) is 1.38. The number of aliphatic hydroxyl groups is 1. The molecule has 1 aliphatic rings. The van der Waals surface area contributed by atoms with Gasteiger partial charge in [-0.25, -0.2) is 0 Å². The van der Waals surface area contributed by atoms with Gasteiger partial charge in [-0.15, -0.1) is 0 Å². The number of ether oxygens (including phenoxy) is 2. The molecule has 0 spiro atoms. The number of hydrogen-bond acceptors (Lipinski definition) is 4. The Bertz CT molecular complexity index is 428. The van der Waals surface area contributed by atoms with Gasteiger partial charge >= 0.3 is 0 Å². The first kappa shape index (κ1) is 17.3. The second-order valence-electron chi connectivity index (χ2n) is 6.59. The van der Waals surface area contributed by atoms with Gasteiger partial charge in [0.1, 0.15) is 5.75 Å². The molecule has 1 atom stereocenters. The normalized spacial score (nSPS) is 16.3. The lowest BCUT2D eigenvalue weighted by atomic mass is 10.2. The first-order valence-corrected chi connectivity index (χ1v) is 8.21. The predicted molar refractivity (Wildman–Crippen MR) is 88.1 cm³/mol. The summed E-state index contributed by atoms with van der Waals surface area (Å²) in [5.41, 5.74) is 1.25. The smallest absolute Gasteiger partial charge is 0.118 e. The van der Waals surface area contributed by atoms with Crippen molar-refractivity contribution in [1.82, 2.24) is 4.90 Å². The van der Waals surface area contributed by atoms with Crippen LogP contribution >= 0.6 is 0 Å². The van der Waals surface area contributed by atoms with Crippen LogP contribution in [0, 0.1) is 5.92 Å². The highest BCUT2D eigenvalue weighted by Crippen LogP contribution is 2.28. The number of rotatable bonds is 10. The molecular weight excluding hydrogens is 278 g/mol. The van der Waals surface area contributed by atoms with Crippen LogP contribution in [0.4, 0.5) is 0 Å². The van der Waals surface area contributed by atoms with Crippen molar-refractivity contribution < 1.29 is 14.6 Å². The minimum atomic E-state index is -0.419. The highest BCUT2D eigenvalue weighted by molar-refractivity contribution is 5.27. The second-order valence-corrected chi connectivity index (χ2v) is 6.59. The molecule has 4 nitrogen and oxygen atoms in total. The molecule has 1 fully saturated rings. The molecule has 1 unspecified atom stereocenters. The summed E-state index contributed by atoms with van der Waals surface area (Å²) in [5, 5.41) is 10.2. The Labute approximate surface area is 134 Å². The summed E-state index contributed by atoms with van der Waals surface area (Å²) < 4.78 is 10.7. The van der Waals surface area contributed by atoms with Crippen molar-refractivity contribution in [3.05, 3.63) is 29.8 Å². The average Bonchev–Trinajstić information content (AvgIpc) is 3.31. The van der Waals surface area contributed by atoms with Crippen molar-refractivity contribution in [2.24, 2.45) is 5.92 Å². The van der Waals surface area contributed by atoms with E-state index in [0.29, 0.717) is 31.7 Å². The predicted octanol–water partition coefficient (Wildman–Crippen LogP) is 2.69. The SMILES string of the molecule is COc1ccc(CN(CC(O)COCC(C)C)C2CC2)cc1. The van der Waals surface area contributed by atoms with Gasteiger partial charge in [-0.05, 0) is 36.5 Å². The summed E-state index contributed by atoms with van der Waals surface area (Å²) in [4.78, 5) is 2.37. The highest BCUT2D eigenvalue weighted by Gasteiger charge is 2.30. The van der Waals surface area contributed by atoms with Gasteiger partial charge in [0.25, 0.3) is 0 Å². The summed E-state index contributed by atoms with van der Waals surface area (Å²) >= 11 is 0. The molecule has 0 aromatic heterocycles. The average molecular weight is 307 g/mol. The molecule has 4 heteroatoms. The number of hydrogen-bond donors (Lipinski definition) is 1. The van der Waals surface area contributed by atoms with E-state index in [-0.39, 0.29) is 0 Å². The van der Waals surface area contributed by atoms with Crippen LogP contribution in [-0.4, -0.2) is 49.0 Å². The summed E-state index contributed by atoms with van der Waals surface area (Å²) in [6.07, 6.45) is 2.04. The van der Waals surface area contributed by atoms with Gasteiger partial charge in [0.05, 0.1) is 19.8 Å². The topological polar surface area (TPSA) is 41.9 Å². The molecule has 1 aromatic rings. The zero-order chi connectivity index (χ0) is 15.9. The summed E-state index contributed by atoms with van der Waals surface area (Å²) in [7, 11) is 1.68. The van der Waals surface area contributed by atoms with Crippen LogP contribution in [0.1, 0.15) is 32.3 Å². The first-order valence-electron chi connectivity index (χ1n) is 8.21. The Morgan fingerprint density at radius 2 is 1.86 bits per heavy atom. The fourth-order valence-electron chi connectivity index (χ4n) is 2.51. The van der Waals surface area contributed by atoms with Crippen LogP contribution in [0.2, 0.25) is 0 Å². The van der Waals surface area contributed by atoms with E-state index in [0.717, 1.165) is 12.3 Å². The fraction of sp³-hybridized carbons (Fsp3) is 0.667. The minimum Gasteiger partial charge on any atom is -0.497 e. The quantitative estimate of drug-likeness (QED) is 0.721. The first-order chi connectivity index (χ1) is 10.6. The molecule has 0 bridgehead atoms. The van der Waals surface area contributed by atoms with Gasteiger partial charge in [0.15, 0.2) is 0 Å². The van der Waals surface area contributed by atoms with Crippen LogP contribution in [0.5, 0.6) is 5.75 Å². The largest absolute Gasteiger partial charge is 0.497 e. The Morgan fingerprint density at radius 1 is 1.18 bits per heavy atom. The van der Waals surface area contributed by atoms with Gasteiger partial charge in [-0.3, -0.25) is 4.90 Å². The van der Waals surface area contributed by atoms with E-state index in [1.807, 2.05) is 12.1 Å². The maximum atomic E-state index is 10.2. The fourth-order valence-corrected chi connectivity index (χ4v) is 2.51. The van der Waals surface area contributed by atoms with Crippen LogP contribution in [0.25, 0.3) is 0 Å². The van der Waals surface area contributed by atoms with Crippen molar-refractivity contribution in [3.63, 3.8) is 0 Å². The van der Waals surface area contributed by atoms with Crippen molar-refractivity contribution in [2.45, 2.75) is 45.4 Å². The minimum absolute atomic E-state index is 0.419. The van der Waals surface area contributed by atoms with E-state index in [4.69, 9.17) is 9.47 Å². The molecule has 2 rings (SSSR count). The van der Waals surface area contributed by atoms with E-state index >= 15 is 0 Å². The summed E-state index contributed by atoms with van der Waals surface area (Å²) in [6, 6.07) is 8.78. The molecular formula is C18H29NO3. The van der Waals surface area contributed by atoms with Crippen molar-refractivity contribution in [2.75, 3.05) is 26.9 Å². The molecule has 0 heterocycles. The van der Waals surface area contributed by atoms with Crippen molar-refractivity contribution in [1.29, 1.82) is 0 Å². The van der Waals surface area contributed by atoms with E-state index in [9.17, 15) is 5.11 Å². The zero-order valence-electron chi connectivity index (χ0n) is 14.0. The second kappa shape index (κ2) is 8.51. The molecule has 124 valence electrons. The Morgan fingerprint density at radius 3 is 2.41 bits per heavy atom. The van der Waals surface area contributed by atoms with Gasteiger partial charge in [-0.1, -0.05) is 26.0 Å². The van der Waals surface area contributed by atoms with Crippen LogP contribution < -0.4 is 4.74 Å². The molecule has 0 amide bonds. The number of nitrogens with zero attached hydrogens (tertiary/aromatic N) is 1. The molecule has 0 saturated heterocycles. The molecule has 1 aliphatic carbocycles. The number of aliphatic hydroxyl groups excluding tert-OH is 1. The molecule has 0 aliphatic heterocycles. The van der Waals surface area contributed by atoms with Gasteiger partial charge in [0, 0.05) is 25.7 Å². The van der Waals surface area contributed by atoms with Gasteiger partial charge in [0.2, 0.25) is 0 Å². The van der Waals surface area contributed by atoms with Gasteiger partial charge in [-0.2, -0.15) is 0 Å². The molecule has 1 saturated carbocycles. The van der Waals surface area contributed by atoms with E-state index in [2.05, 4.69) is 30.9 Å². The summed E-state index contributed by atoms with van der Waals surface area (Å²) in [6.45, 7) is 6.91. The highest BCUT2D eigenvalue weighted by atomic mass is 16.5. The van der Waals surface area contributed by atoms with Crippen LogP contribution in [0.15, 0.2) is 24.3 Å². The third-order valence-electron chi connectivity index (χ3n) is 3.81.